The van der Waals surface area contributed by atoms with Gasteiger partial charge in [-0.15, -0.1) is 0 Å². The second-order valence-corrected chi connectivity index (χ2v) is 11.6. The average Bonchev–Trinajstić information content (AvgIpc) is 2.95. The van der Waals surface area contributed by atoms with Gasteiger partial charge in [0.1, 0.15) is 30.3 Å². The highest BCUT2D eigenvalue weighted by molar-refractivity contribution is 9.11. The maximum Gasteiger partial charge on any atom is 0.335 e. The van der Waals surface area contributed by atoms with Crippen molar-refractivity contribution in [3.05, 3.63) is 127 Å². The van der Waals surface area contributed by atoms with Crippen LogP contribution in [0.15, 0.2) is 110 Å². The number of hydrogen-bond acceptors (Lipinski definition) is 5. The summed E-state index contributed by atoms with van der Waals surface area (Å²) >= 11 is 10.4. The fraction of sp³-hybridized carbons (Fsp3) is 0.0645. The van der Waals surface area contributed by atoms with Crippen molar-refractivity contribution >= 4 is 77.4 Å². The van der Waals surface area contributed by atoms with Crippen molar-refractivity contribution in [2.24, 2.45) is 0 Å². The molecule has 0 aliphatic carbocycles. The lowest BCUT2D eigenvalue weighted by Crippen LogP contribution is -2.54. The van der Waals surface area contributed by atoms with Crippen molar-refractivity contribution in [2.45, 2.75) is 13.2 Å². The first-order valence-corrected chi connectivity index (χ1v) is 14.7. The number of barbiturate groups is 1. The summed E-state index contributed by atoms with van der Waals surface area (Å²) in [5.41, 5.74) is 2.49. The van der Waals surface area contributed by atoms with Crippen LogP contribution in [-0.4, -0.2) is 17.8 Å². The van der Waals surface area contributed by atoms with E-state index in [-0.39, 0.29) is 12.2 Å². The molecule has 0 atom stereocenters. The van der Waals surface area contributed by atoms with Crippen LogP contribution in [0.25, 0.3) is 6.08 Å². The van der Waals surface area contributed by atoms with Crippen LogP contribution in [0.2, 0.25) is 0 Å². The minimum absolute atomic E-state index is 0.215. The van der Waals surface area contributed by atoms with Crippen molar-refractivity contribution in [3.63, 3.8) is 0 Å². The Kier molecular flexibility index (Phi) is 9.02. The lowest BCUT2D eigenvalue weighted by molar-refractivity contribution is -0.122. The van der Waals surface area contributed by atoms with Crippen molar-refractivity contribution < 1.29 is 23.9 Å². The zero-order valence-electron chi connectivity index (χ0n) is 21.3. The van der Waals surface area contributed by atoms with Crippen LogP contribution in [-0.2, 0) is 22.8 Å². The molecule has 0 aromatic heterocycles. The summed E-state index contributed by atoms with van der Waals surface area (Å²) in [6, 6.07) is 26.6. The van der Waals surface area contributed by atoms with Gasteiger partial charge in [0, 0.05) is 14.5 Å². The number of halogens is 3. The minimum atomic E-state index is -0.836. The van der Waals surface area contributed by atoms with Crippen molar-refractivity contribution in [1.29, 1.82) is 0 Å². The molecule has 0 saturated carbocycles. The number of carbonyl (C=O) groups is 3. The predicted molar refractivity (Wildman–Crippen MR) is 167 cm³/mol. The summed E-state index contributed by atoms with van der Waals surface area (Å²) < 4.78 is 14.2. The smallest absolute Gasteiger partial charge is 0.335 e. The second kappa shape index (κ2) is 12.8. The Bertz CT molecular complexity index is 1640. The van der Waals surface area contributed by atoms with Gasteiger partial charge in [-0.05, 0) is 81.7 Å². The minimum Gasteiger partial charge on any atom is -0.489 e. The molecule has 0 spiro atoms. The Balaban J connectivity index is 1.39. The molecule has 5 rings (SSSR count). The summed E-state index contributed by atoms with van der Waals surface area (Å²) in [6.07, 6.45) is 1.42. The number of anilines is 1. The average molecular weight is 741 g/mol. The van der Waals surface area contributed by atoms with Crippen LogP contribution in [0.5, 0.6) is 11.5 Å². The molecule has 1 aliphatic heterocycles. The van der Waals surface area contributed by atoms with Gasteiger partial charge in [0.25, 0.3) is 11.8 Å². The van der Waals surface area contributed by atoms with E-state index in [0.717, 1.165) is 20.5 Å². The van der Waals surface area contributed by atoms with Gasteiger partial charge in [0.05, 0.1) is 10.2 Å². The van der Waals surface area contributed by atoms with Gasteiger partial charge in [-0.1, -0.05) is 74.3 Å². The standard InChI is InChI=1S/C31H21Br3N2O5/c32-22-8-6-20(7-9-22)18-41-28-21(14-23(33)16-27(28)34)15-26-29(37)35-31(39)36(30(26)38)24-10-12-25(13-11-24)40-17-19-4-2-1-3-5-19/h1-16H,17-18H2,(H,35,37,39)/b26-15+. The summed E-state index contributed by atoms with van der Waals surface area (Å²) in [5, 5.41) is 2.26. The van der Waals surface area contributed by atoms with Crippen molar-refractivity contribution in [1.82, 2.24) is 5.32 Å². The second-order valence-electron chi connectivity index (χ2n) is 8.95. The molecule has 4 aromatic carbocycles. The van der Waals surface area contributed by atoms with E-state index in [1.54, 1.807) is 36.4 Å². The third-order valence-corrected chi connectivity index (χ3v) is 7.65. The van der Waals surface area contributed by atoms with E-state index < -0.39 is 17.8 Å². The molecule has 4 amide bonds. The molecule has 1 N–H and O–H groups in total. The first kappa shape index (κ1) is 28.8. The molecule has 4 aromatic rings. The van der Waals surface area contributed by atoms with Crippen LogP contribution < -0.4 is 19.7 Å². The monoisotopic (exact) mass is 738 g/mol. The van der Waals surface area contributed by atoms with Crippen molar-refractivity contribution in [3.8, 4) is 11.5 Å². The molecule has 7 nitrogen and oxygen atoms in total. The van der Waals surface area contributed by atoms with E-state index in [4.69, 9.17) is 9.47 Å². The number of rotatable bonds is 8. The van der Waals surface area contributed by atoms with Crippen LogP contribution in [0.1, 0.15) is 16.7 Å². The summed E-state index contributed by atoms with van der Waals surface area (Å²) in [5.74, 6) is -0.547. The maximum atomic E-state index is 13.5. The fourth-order valence-electron chi connectivity index (χ4n) is 4.06. The van der Waals surface area contributed by atoms with E-state index in [9.17, 15) is 14.4 Å². The highest BCUT2D eigenvalue weighted by atomic mass is 79.9. The number of imide groups is 2. The van der Waals surface area contributed by atoms with Gasteiger partial charge in [0.2, 0.25) is 0 Å². The van der Waals surface area contributed by atoms with Crippen molar-refractivity contribution in [2.75, 3.05) is 4.90 Å². The topological polar surface area (TPSA) is 84.9 Å². The Morgan fingerprint density at radius 1 is 0.732 bits per heavy atom. The first-order chi connectivity index (χ1) is 19.8. The number of nitrogens with zero attached hydrogens (tertiary/aromatic N) is 1. The number of carbonyl (C=O) groups excluding carboxylic acids is 3. The number of benzene rings is 4. The van der Waals surface area contributed by atoms with Crippen LogP contribution in [0.4, 0.5) is 10.5 Å². The molecule has 1 heterocycles. The summed E-state index contributed by atoms with van der Waals surface area (Å²) in [6.45, 7) is 0.631. The van der Waals surface area contributed by atoms with Crippen LogP contribution >= 0.6 is 47.8 Å². The van der Waals surface area contributed by atoms with Gasteiger partial charge >= 0.3 is 6.03 Å². The molecule has 41 heavy (non-hydrogen) atoms. The lowest BCUT2D eigenvalue weighted by atomic mass is 10.1. The number of nitrogens with one attached hydrogen (secondary N) is 1. The van der Waals surface area contributed by atoms with Gasteiger partial charge in [-0.3, -0.25) is 14.9 Å². The normalized spacial score (nSPS) is 14.3. The number of hydrogen-bond donors (Lipinski definition) is 1. The SMILES string of the molecule is O=C1NC(=O)N(c2ccc(OCc3ccccc3)cc2)C(=O)/C1=C/c1cc(Br)cc(Br)c1OCc1ccc(Br)cc1. The number of amides is 4. The molecular formula is C31H21Br3N2O5. The number of ether oxygens (including phenoxy) is 2. The summed E-state index contributed by atoms with van der Waals surface area (Å²) in [4.78, 5) is 40.0. The zero-order chi connectivity index (χ0) is 28.9. The van der Waals surface area contributed by atoms with E-state index in [2.05, 4.69) is 53.1 Å². The van der Waals surface area contributed by atoms with E-state index in [0.29, 0.717) is 38.3 Å². The molecule has 10 heteroatoms. The zero-order valence-corrected chi connectivity index (χ0v) is 26.0. The van der Waals surface area contributed by atoms with E-state index in [1.165, 1.54) is 6.08 Å². The van der Waals surface area contributed by atoms with Gasteiger partial charge in [0.15, 0.2) is 0 Å². The Hall–Kier alpha value is -3.73. The molecule has 0 bridgehead atoms. The lowest BCUT2D eigenvalue weighted by Gasteiger charge is -2.26. The predicted octanol–water partition coefficient (Wildman–Crippen LogP) is 7.80. The van der Waals surface area contributed by atoms with E-state index >= 15 is 0 Å². The number of urea groups is 1. The molecular weight excluding hydrogens is 720 g/mol. The molecule has 1 saturated heterocycles. The fourth-order valence-corrected chi connectivity index (χ4v) is 5.69. The quantitative estimate of drug-likeness (QED) is 0.147. The summed E-state index contributed by atoms with van der Waals surface area (Å²) in [7, 11) is 0. The highest BCUT2D eigenvalue weighted by Crippen LogP contribution is 2.36. The molecule has 0 radical (unpaired) electrons. The van der Waals surface area contributed by atoms with Gasteiger partial charge < -0.3 is 9.47 Å². The van der Waals surface area contributed by atoms with Crippen LogP contribution in [0.3, 0.4) is 0 Å². The third kappa shape index (κ3) is 6.95. The first-order valence-electron chi connectivity index (χ1n) is 12.3. The molecule has 1 aliphatic rings. The molecule has 0 unspecified atom stereocenters. The molecule has 1 fully saturated rings. The van der Waals surface area contributed by atoms with Crippen LogP contribution in [0, 0.1) is 0 Å². The van der Waals surface area contributed by atoms with E-state index in [1.807, 2.05) is 54.6 Å². The van der Waals surface area contributed by atoms with Gasteiger partial charge in [-0.2, -0.15) is 0 Å². The Labute approximate surface area is 261 Å². The third-order valence-electron chi connectivity index (χ3n) is 6.08. The largest absolute Gasteiger partial charge is 0.489 e. The highest BCUT2D eigenvalue weighted by Gasteiger charge is 2.37. The Morgan fingerprint density at radius 2 is 1.39 bits per heavy atom. The van der Waals surface area contributed by atoms with Gasteiger partial charge in [-0.25, -0.2) is 9.69 Å². The maximum absolute atomic E-state index is 13.5. The molecule has 206 valence electrons. The Morgan fingerprint density at radius 3 is 2.10 bits per heavy atom.